The Balaban J connectivity index is 2.36. The number of benzene rings is 3. The van der Waals surface area contributed by atoms with E-state index in [0.717, 1.165) is 0 Å². The molecule has 18 heteroatoms. The van der Waals surface area contributed by atoms with E-state index in [1.165, 1.54) is 30.3 Å². The van der Waals surface area contributed by atoms with Crippen molar-refractivity contribution in [2.24, 2.45) is 5.73 Å². The van der Waals surface area contributed by atoms with Crippen LogP contribution >= 0.6 is 15.9 Å². The molecule has 0 saturated heterocycles. The molecule has 0 saturated carbocycles. The molecule has 238 valence electrons. The Morgan fingerprint density at radius 1 is 0.795 bits per heavy atom. The molecule has 3 aromatic carbocycles. The quantitative estimate of drug-likeness (QED) is 0.182. The van der Waals surface area contributed by atoms with Crippen LogP contribution in [0, 0.1) is 5.82 Å². The molecule has 0 spiro atoms. The maximum atomic E-state index is 15.4. The molecule has 1 amide bonds. The van der Waals surface area contributed by atoms with Crippen molar-refractivity contribution >= 4 is 33.3 Å². The van der Waals surface area contributed by atoms with Gasteiger partial charge in [-0.2, -0.15) is 48.3 Å². The highest BCUT2D eigenvalue weighted by atomic mass is 79.9. The number of alkyl halides is 12. The van der Waals surface area contributed by atoms with Gasteiger partial charge in [-0.05, 0) is 18.2 Å². The number of amides is 1. The Kier molecular flexibility index (Phi) is 9.13. The predicted octanol–water partition coefficient (Wildman–Crippen LogP) is 8.59. The molecular formula is C26H14BrF13N2O2. The lowest BCUT2D eigenvalue weighted by Crippen LogP contribution is -2.59. The first-order valence-corrected chi connectivity index (χ1v) is 12.3. The standard InChI is InChI=1S/C26H14BrF13N2O2/c27-16-9-12(22(29,25(35,36)37)24(33,34)26(38,39)40)8-15(23(30,31)32)18(16)13-6-7-14(21(41)44)19(28)20(13)42-10-17(43)11-4-2-1-3-5-11/h1-9,42H,10H2,(H2,41,44). The van der Waals surface area contributed by atoms with E-state index in [9.17, 15) is 57.9 Å². The van der Waals surface area contributed by atoms with Crippen LogP contribution in [0.5, 0.6) is 0 Å². The SMILES string of the molecule is NC(=O)c1ccc(-c2c(Br)cc(C(F)(C(F)(F)F)C(F)(F)C(F)(F)F)cc2C(F)(F)F)c(NCC(=O)c2ccccc2)c1F. The number of hydrogen-bond acceptors (Lipinski definition) is 3. The summed E-state index contributed by atoms with van der Waals surface area (Å²) in [6.45, 7) is -0.868. The second kappa shape index (κ2) is 11.6. The number of carbonyl (C=O) groups excluding carboxylic acids is 2. The van der Waals surface area contributed by atoms with Crippen LogP contribution < -0.4 is 11.1 Å². The number of carbonyl (C=O) groups is 2. The maximum Gasteiger partial charge on any atom is 0.457 e. The lowest BCUT2D eigenvalue weighted by atomic mass is 9.84. The summed E-state index contributed by atoms with van der Waals surface area (Å²) in [4.78, 5) is 24.2. The van der Waals surface area contributed by atoms with E-state index < -0.39 is 104 Å². The van der Waals surface area contributed by atoms with Crippen molar-refractivity contribution in [2.75, 3.05) is 11.9 Å². The van der Waals surface area contributed by atoms with Crippen molar-refractivity contribution in [1.29, 1.82) is 0 Å². The van der Waals surface area contributed by atoms with Gasteiger partial charge in [0, 0.05) is 26.7 Å². The monoisotopic (exact) mass is 712 g/mol. The third-order valence-corrected chi connectivity index (χ3v) is 6.80. The molecule has 0 aromatic heterocycles. The van der Waals surface area contributed by atoms with E-state index in [1.807, 2.05) is 0 Å². The predicted molar refractivity (Wildman–Crippen MR) is 132 cm³/mol. The molecule has 3 rings (SSSR count). The number of nitrogens with two attached hydrogens (primary N) is 1. The van der Waals surface area contributed by atoms with E-state index in [-0.39, 0.29) is 5.56 Å². The van der Waals surface area contributed by atoms with Crippen molar-refractivity contribution in [1.82, 2.24) is 0 Å². The summed E-state index contributed by atoms with van der Waals surface area (Å²) < 4.78 is 179. The normalized spacial score (nSPS) is 14.2. The van der Waals surface area contributed by atoms with E-state index >= 15 is 8.78 Å². The number of halogens is 14. The number of ketones is 1. The van der Waals surface area contributed by atoms with Crippen molar-refractivity contribution in [3.05, 3.63) is 87.1 Å². The summed E-state index contributed by atoms with van der Waals surface area (Å²) in [5.41, 5.74) is -11.3. The van der Waals surface area contributed by atoms with Gasteiger partial charge in [-0.1, -0.05) is 52.3 Å². The fourth-order valence-electron chi connectivity index (χ4n) is 4.06. The second-order valence-corrected chi connectivity index (χ2v) is 9.82. The molecule has 0 aliphatic heterocycles. The van der Waals surface area contributed by atoms with Crippen LogP contribution in [0.4, 0.5) is 62.8 Å². The van der Waals surface area contributed by atoms with E-state index in [2.05, 4.69) is 21.2 Å². The van der Waals surface area contributed by atoms with Crippen LogP contribution in [0.25, 0.3) is 11.1 Å². The molecule has 1 atom stereocenters. The van der Waals surface area contributed by atoms with Gasteiger partial charge in [-0.15, -0.1) is 0 Å². The first kappa shape index (κ1) is 34.7. The first-order chi connectivity index (χ1) is 20.0. The average molecular weight is 713 g/mol. The maximum absolute atomic E-state index is 15.4. The van der Waals surface area contributed by atoms with Crippen molar-refractivity contribution in [2.45, 2.75) is 30.1 Å². The molecular weight excluding hydrogens is 699 g/mol. The van der Waals surface area contributed by atoms with E-state index in [0.29, 0.717) is 12.1 Å². The zero-order valence-electron chi connectivity index (χ0n) is 21.1. The molecule has 0 fully saturated rings. The van der Waals surface area contributed by atoms with E-state index in [1.54, 1.807) is 0 Å². The van der Waals surface area contributed by atoms with Crippen LogP contribution in [0.2, 0.25) is 0 Å². The fraction of sp³-hybridized carbons (Fsp3) is 0.231. The van der Waals surface area contributed by atoms with Gasteiger partial charge in [0.15, 0.2) is 11.6 Å². The highest BCUT2D eigenvalue weighted by molar-refractivity contribution is 9.10. The molecule has 0 aliphatic carbocycles. The highest BCUT2D eigenvalue weighted by Crippen LogP contribution is 2.59. The summed E-state index contributed by atoms with van der Waals surface area (Å²) in [5.74, 6) is -11.2. The van der Waals surface area contributed by atoms with Gasteiger partial charge in [0.2, 0.25) is 0 Å². The Hall–Kier alpha value is -3.83. The molecule has 3 N–H and O–H groups in total. The Bertz CT molecular complexity index is 1590. The third kappa shape index (κ3) is 6.08. The molecule has 4 nitrogen and oxygen atoms in total. The molecule has 3 aromatic rings. The van der Waals surface area contributed by atoms with Crippen LogP contribution in [0.3, 0.4) is 0 Å². The summed E-state index contributed by atoms with van der Waals surface area (Å²) in [5, 5.41) is 2.15. The molecule has 44 heavy (non-hydrogen) atoms. The fourth-order valence-corrected chi connectivity index (χ4v) is 4.74. The van der Waals surface area contributed by atoms with Gasteiger partial charge in [-0.3, -0.25) is 9.59 Å². The number of primary amides is 1. The molecule has 0 aliphatic rings. The lowest BCUT2D eigenvalue weighted by Gasteiger charge is -2.36. The van der Waals surface area contributed by atoms with Crippen molar-refractivity contribution in [3.63, 3.8) is 0 Å². The van der Waals surface area contributed by atoms with Crippen LogP contribution in [-0.4, -0.2) is 36.5 Å². The molecule has 0 bridgehead atoms. The largest absolute Gasteiger partial charge is 0.457 e. The Morgan fingerprint density at radius 3 is 1.84 bits per heavy atom. The van der Waals surface area contributed by atoms with Gasteiger partial charge in [-0.25, -0.2) is 8.78 Å². The third-order valence-electron chi connectivity index (χ3n) is 6.17. The number of rotatable bonds is 8. The summed E-state index contributed by atoms with van der Waals surface area (Å²) in [6.07, 6.45) is -20.2. The molecule has 0 radical (unpaired) electrons. The minimum absolute atomic E-state index is 0.0200. The van der Waals surface area contributed by atoms with Gasteiger partial charge >= 0.3 is 30.1 Å². The second-order valence-electron chi connectivity index (χ2n) is 8.96. The first-order valence-electron chi connectivity index (χ1n) is 11.5. The Labute approximate surface area is 246 Å². The number of nitrogens with one attached hydrogen (secondary N) is 1. The van der Waals surface area contributed by atoms with Crippen LogP contribution in [0.1, 0.15) is 31.8 Å². The lowest BCUT2D eigenvalue weighted by molar-refractivity contribution is -0.389. The van der Waals surface area contributed by atoms with Gasteiger partial charge in [0.25, 0.3) is 5.91 Å². The summed E-state index contributed by atoms with van der Waals surface area (Å²) in [7, 11) is 0. The van der Waals surface area contributed by atoms with Gasteiger partial charge in [0.05, 0.1) is 23.4 Å². The number of Topliss-reactive ketones (excluding diaryl/α,β-unsaturated/α-hetero) is 1. The van der Waals surface area contributed by atoms with Crippen molar-refractivity contribution in [3.8, 4) is 11.1 Å². The summed E-state index contributed by atoms with van der Waals surface area (Å²) in [6, 6.07) is 6.76. The van der Waals surface area contributed by atoms with Crippen LogP contribution in [0.15, 0.2) is 59.1 Å². The smallest absolute Gasteiger partial charge is 0.375 e. The zero-order valence-corrected chi connectivity index (χ0v) is 22.7. The minimum atomic E-state index is -7.29. The van der Waals surface area contributed by atoms with Gasteiger partial charge in [0.1, 0.15) is 0 Å². The zero-order chi connectivity index (χ0) is 33.6. The number of hydrogen-bond donors (Lipinski definition) is 2. The Morgan fingerprint density at radius 2 is 1.36 bits per heavy atom. The van der Waals surface area contributed by atoms with Gasteiger partial charge < -0.3 is 11.1 Å². The summed E-state index contributed by atoms with van der Waals surface area (Å²) >= 11 is 2.36. The number of anilines is 1. The topological polar surface area (TPSA) is 72.2 Å². The van der Waals surface area contributed by atoms with Crippen molar-refractivity contribution < 1.29 is 66.7 Å². The minimum Gasteiger partial charge on any atom is -0.375 e. The molecule has 1 unspecified atom stereocenters. The van der Waals surface area contributed by atoms with Crippen LogP contribution in [-0.2, 0) is 11.8 Å². The molecule has 0 heterocycles. The average Bonchev–Trinajstić information content (AvgIpc) is 2.89. The van der Waals surface area contributed by atoms with E-state index in [4.69, 9.17) is 5.73 Å². The highest BCUT2D eigenvalue weighted by Gasteiger charge is 2.82.